The molecule has 3 nitrogen and oxygen atoms in total. The first-order valence-electron chi connectivity index (χ1n) is 6.01. The molecule has 0 atom stereocenters. The number of benzene rings is 1. The summed E-state index contributed by atoms with van der Waals surface area (Å²) in [6, 6.07) is 2.56. The van der Waals surface area contributed by atoms with Crippen molar-refractivity contribution in [3.63, 3.8) is 0 Å². The van der Waals surface area contributed by atoms with Gasteiger partial charge in [-0.15, -0.1) is 0 Å². The molecule has 5 heteroatoms. The van der Waals surface area contributed by atoms with Crippen molar-refractivity contribution in [2.24, 2.45) is 0 Å². The second-order valence-corrected chi connectivity index (χ2v) is 4.45. The van der Waals surface area contributed by atoms with Gasteiger partial charge in [0.25, 0.3) is 0 Å². The molecule has 0 radical (unpaired) electrons. The zero-order chi connectivity index (χ0) is 13.7. The molecule has 0 unspecified atom stereocenters. The van der Waals surface area contributed by atoms with Gasteiger partial charge in [-0.05, 0) is 38.6 Å². The van der Waals surface area contributed by atoms with E-state index in [1.54, 1.807) is 7.05 Å². The highest BCUT2D eigenvalue weighted by Gasteiger charge is 2.19. The van der Waals surface area contributed by atoms with Crippen LogP contribution in [0, 0.1) is 11.6 Å². The lowest BCUT2D eigenvalue weighted by Crippen LogP contribution is -2.35. The summed E-state index contributed by atoms with van der Waals surface area (Å²) in [6.45, 7) is 4.13. The van der Waals surface area contributed by atoms with Crippen molar-refractivity contribution >= 4 is 5.69 Å². The first-order chi connectivity index (χ1) is 8.51. The molecule has 0 bridgehead atoms. The van der Waals surface area contributed by atoms with Gasteiger partial charge in [-0.25, -0.2) is 8.78 Å². The molecule has 18 heavy (non-hydrogen) atoms. The Bertz CT molecular complexity index is 374. The minimum Gasteiger partial charge on any atom is -0.395 e. The molecule has 1 aromatic rings. The number of anilines is 1. The molecule has 102 valence electrons. The highest BCUT2D eigenvalue weighted by molar-refractivity contribution is 5.51. The van der Waals surface area contributed by atoms with Crippen LogP contribution in [0.25, 0.3) is 0 Å². The van der Waals surface area contributed by atoms with E-state index in [4.69, 9.17) is 5.11 Å². The Labute approximate surface area is 106 Å². The lowest BCUT2D eigenvalue weighted by molar-refractivity contribution is 0.298. The number of halogens is 2. The third-order valence-corrected chi connectivity index (χ3v) is 2.71. The molecule has 0 aliphatic rings. The van der Waals surface area contributed by atoms with Crippen molar-refractivity contribution in [3.05, 3.63) is 29.3 Å². The third kappa shape index (κ3) is 3.40. The zero-order valence-corrected chi connectivity index (χ0v) is 11.0. The number of aliphatic hydroxyl groups is 1. The highest BCUT2D eigenvalue weighted by Crippen LogP contribution is 2.26. The van der Waals surface area contributed by atoms with Gasteiger partial charge in [0.15, 0.2) is 0 Å². The summed E-state index contributed by atoms with van der Waals surface area (Å²) >= 11 is 0. The summed E-state index contributed by atoms with van der Waals surface area (Å²) in [5.74, 6) is -1.19. The molecule has 0 heterocycles. The molecule has 0 saturated carbocycles. The van der Waals surface area contributed by atoms with Crippen LogP contribution in [0.15, 0.2) is 12.1 Å². The average molecular weight is 258 g/mol. The maximum atomic E-state index is 14.0. The Morgan fingerprint density at radius 2 is 1.83 bits per heavy atom. The van der Waals surface area contributed by atoms with Crippen molar-refractivity contribution in [3.8, 4) is 0 Å². The number of rotatable bonds is 6. The van der Waals surface area contributed by atoms with Crippen LogP contribution < -0.4 is 10.2 Å². The second-order valence-electron chi connectivity index (χ2n) is 4.45. The lowest BCUT2D eigenvalue weighted by atomic mass is 10.1. The Morgan fingerprint density at radius 1 is 1.28 bits per heavy atom. The summed E-state index contributed by atoms with van der Waals surface area (Å²) < 4.78 is 28.0. The van der Waals surface area contributed by atoms with Crippen LogP contribution in [-0.2, 0) is 6.54 Å². The molecule has 0 aliphatic carbocycles. The topological polar surface area (TPSA) is 35.5 Å². The second kappa shape index (κ2) is 6.66. The van der Waals surface area contributed by atoms with Gasteiger partial charge in [-0.1, -0.05) is 0 Å². The minimum absolute atomic E-state index is 0.0705. The number of hydrogen-bond acceptors (Lipinski definition) is 3. The smallest absolute Gasteiger partial charge is 0.149 e. The van der Waals surface area contributed by atoms with Gasteiger partial charge in [0, 0.05) is 19.1 Å². The van der Waals surface area contributed by atoms with Gasteiger partial charge in [-0.2, -0.15) is 0 Å². The van der Waals surface area contributed by atoms with Crippen LogP contribution in [0.5, 0.6) is 0 Å². The summed E-state index contributed by atoms with van der Waals surface area (Å²) in [4.78, 5) is 1.52. The van der Waals surface area contributed by atoms with Crippen molar-refractivity contribution in [1.82, 2.24) is 5.32 Å². The number of hydrogen-bond donors (Lipinski definition) is 2. The quantitative estimate of drug-likeness (QED) is 0.818. The van der Waals surface area contributed by atoms with E-state index in [9.17, 15) is 8.78 Å². The highest BCUT2D eigenvalue weighted by atomic mass is 19.1. The fraction of sp³-hybridized carbons (Fsp3) is 0.538. The summed E-state index contributed by atoms with van der Waals surface area (Å²) in [7, 11) is 1.72. The van der Waals surface area contributed by atoms with Crippen LogP contribution in [0.4, 0.5) is 14.5 Å². The molecule has 0 spiro atoms. The SMILES string of the molecule is CNCc1cc(F)c(N(CCO)C(C)C)c(F)c1. The standard InChI is InChI=1S/C13H20F2N2O/c1-9(2)17(4-5-18)13-11(14)6-10(8-16-3)7-12(13)15/h6-7,9,16,18H,4-5,8H2,1-3H3. The van der Waals surface area contributed by atoms with Gasteiger partial charge in [-0.3, -0.25) is 0 Å². The van der Waals surface area contributed by atoms with E-state index in [0.717, 1.165) is 0 Å². The molecular formula is C13H20F2N2O. The fourth-order valence-corrected chi connectivity index (χ4v) is 1.93. The maximum absolute atomic E-state index is 14.0. The fourth-order valence-electron chi connectivity index (χ4n) is 1.93. The Kier molecular flexibility index (Phi) is 5.50. The zero-order valence-electron chi connectivity index (χ0n) is 11.0. The van der Waals surface area contributed by atoms with Crippen molar-refractivity contribution in [1.29, 1.82) is 0 Å². The van der Waals surface area contributed by atoms with Crippen LogP contribution >= 0.6 is 0 Å². The van der Waals surface area contributed by atoms with Crippen molar-refractivity contribution in [2.75, 3.05) is 25.1 Å². The maximum Gasteiger partial charge on any atom is 0.149 e. The van der Waals surface area contributed by atoms with Crippen molar-refractivity contribution in [2.45, 2.75) is 26.4 Å². The average Bonchev–Trinajstić information content (AvgIpc) is 2.27. The molecule has 0 aliphatic heterocycles. The van der Waals surface area contributed by atoms with Crippen molar-refractivity contribution < 1.29 is 13.9 Å². The van der Waals surface area contributed by atoms with Crippen LogP contribution in [-0.4, -0.2) is 31.3 Å². The minimum atomic E-state index is -0.595. The van der Waals surface area contributed by atoms with Crippen LogP contribution in [0.1, 0.15) is 19.4 Å². The lowest BCUT2D eigenvalue weighted by Gasteiger charge is -2.29. The predicted octanol–water partition coefficient (Wildman–Crippen LogP) is 1.89. The van der Waals surface area contributed by atoms with E-state index in [2.05, 4.69) is 5.32 Å². The molecule has 0 fully saturated rings. The predicted molar refractivity (Wildman–Crippen MR) is 68.7 cm³/mol. The number of nitrogens with zero attached hydrogens (tertiary/aromatic N) is 1. The Hall–Kier alpha value is -1.20. The van der Waals surface area contributed by atoms with Crippen LogP contribution in [0.2, 0.25) is 0 Å². The monoisotopic (exact) mass is 258 g/mol. The van der Waals surface area contributed by atoms with E-state index in [1.807, 2.05) is 13.8 Å². The molecule has 2 N–H and O–H groups in total. The number of aliphatic hydroxyl groups excluding tert-OH is 1. The number of nitrogens with one attached hydrogen (secondary N) is 1. The Morgan fingerprint density at radius 3 is 2.22 bits per heavy atom. The van der Waals surface area contributed by atoms with Gasteiger partial charge < -0.3 is 15.3 Å². The Balaban J connectivity index is 3.14. The van der Waals surface area contributed by atoms with Gasteiger partial charge in [0.1, 0.15) is 17.3 Å². The first-order valence-corrected chi connectivity index (χ1v) is 6.01. The summed E-state index contributed by atoms with van der Waals surface area (Å²) in [6.07, 6.45) is 0. The van der Waals surface area contributed by atoms with Gasteiger partial charge in [0.2, 0.25) is 0 Å². The van der Waals surface area contributed by atoms with E-state index in [-0.39, 0.29) is 24.9 Å². The van der Waals surface area contributed by atoms with E-state index in [1.165, 1.54) is 17.0 Å². The molecule has 0 amide bonds. The van der Waals surface area contributed by atoms with E-state index in [0.29, 0.717) is 12.1 Å². The molecule has 1 rings (SSSR count). The molecule has 0 aromatic heterocycles. The summed E-state index contributed by atoms with van der Waals surface area (Å²) in [5, 5.41) is 11.8. The first kappa shape index (κ1) is 14.9. The normalized spacial score (nSPS) is 11.1. The molecule has 1 aromatic carbocycles. The van der Waals surface area contributed by atoms with Crippen LogP contribution in [0.3, 0.4) is 0 Å². The van der Waals surface area contributed by atoms with E-state index < -0.39 is 11.6 Å². The molecule has 0 saturated heterocycles. The largest absolute Gasteiger partial charge is 0.395 e. The van der Waals surface area contributed by atoms with E-state index >= 15 is 0 Å². The summed E-state index contributed by atoms with van der Waals surface area (Å²) in [5.41, 5.74) is 0.489. The third-order valence-electron chi connectivity index (χ3n) is 2.71. The van der Waals surface area contributed by atoms with Gasteiger partial charge in [0.05, 0.1) is 6.61 Å². The van der Waals surface area contributed by atoms with Gasteiger partial charge >= 0.3 is 0 Å². The molecular weight excluding hydrogens is 238 g/mol.